The molecular formula is C3H8IN. The van der Waals surface area contributed by atoms with Gasteiger partial charge in [0.05, 0.1) is 4.05 Å². The van der Waals surface area contributed by atoms with Crippen molar-refractivity contribution < 1.29 is 0 Å². The molecule has 5 heavy (non-hydrogen) atoms. The normalized spacial score (nSPS) is 15.0. The number of rotatable bonds is 1. The van der Waals surface area contributed by atoms with Gasteiger partial charge in [-0.2, -0.15) is 0 Å². The highest BCUT2D eigenvalue weighted by molar-refractivity contribution is 14.1. The van der Waals surface area contributed by atoms with Crippen LogP contribution < -0.4 is 5.32 Å². The van der Waals surface area contributed by atoms with Crippen LogP contribution in [0, 0.1) is 0 Å². The van der Waals surface area contributed by atoms with E-state index in [1.54, 1.807) is 0 Å². The van der Waals surface area contributed by atoms with Gasteiger partial charge in [-0.05, 0) is 14.0 Å². The minimum Gasteiger partial charge on any atom is -0.309 e. The summed E-state index contributed by atoms with van der Waals surface area (Å²) in [6.07, 6.45) is 0. The van der Waals surface area contributed by atoms with Crippen molar-refractivity contribution in [2.45, 2.75) is 11.0 Å². The van der Waals surface area contributed by atoms with Gasteiger partial charge in [-0.3, -0.25) is 0 Å². The van der Waals surface area contributed by atoms with Gasteiger partial charge in [-0.25, -0.2) is 0 Å². The molecule has 0 amide bonds. The molecule has 32 valence electrons. The van der Waals surface area contributed by atoms with Crippen LogP contribution in [0.3, 0.4) is 0 Å². The van der Waals surface area contributed by atoms with Gasteiger partial charge in [0.1, 0.15) is 0 Å². The second kappa shape index (κ2) is 2.90. The minimum atomic E-state index is 0.604. The topological polar surface area (TPSA) is 12.0 Å². The molecule has 1 atom stereocenters. The quantitative estimate of drug-likeness (QED) is 0.365. The summed E-state index contributed by atoms with van der Waals surface area (Å²) in [5.74, 6) is 0. The highest BCUT2D eigenvalue weighted by Crippen LogP contribution is 1.87. The lowest BCUT2D eigenvalue weighted by molar-refractivity contribution is 0.834. The van der Waals surface area contributed by atoms with Gasteiger partial charge in [0.2, 0.25) is 0 Å². The summed E-state index contributed by atoms with van der Waals surface area (Å²) >= 11 is 2.30. The fourth-order valence-corrected chi connectivity index (χ4v) is 0. The Bertz CT molecular complexity index is 20.9. The fraction of sp³-hybridized carbons (Fsp3) is 1.00. The molecule has 0 aliphatic rings. The molecule has 0 fully saturated rings. The first kappa shape index (κ1) is 5.69. The Balaban J connectivity index is 2.54. The van der Waals surface area contributed by atoms with Crippen LogP contribution in [0.1, 0.15) is 6.92 Å². The van der Waals surface area contributed by atoms with Crippen molar-refractivity contribution in [3.8, 4) is 0 Å². The van der Waals surface area contributed by atoms with E-state index in [0.717, 1.165) is 0 Å². The van der Waals surface area contributed by atoms with Crippen molar-refractivity contribution in [1.29, 1.82) is 0 Å². The molecule has 0 heterocycles. The zero-order valence-corrected chi connectivity index (χ0v) is 5.61. The molecule has 0 saturated heterocycles. The number of hydrogen-bond acceptors (Lipinski definition) is 1. The zero-order valence-electron chi connectivity index (χ0n) is 3.46. The zero-order chi connectivity index (χ0) is 4.28. The Hall–Kier alpha value is 0.690. The van der Waals surface area contributed by atoms with Crippen molar-refractivity contribution in [3.05, 3.63) is 0 Å². The van der Waals surface area contributed by atoms with Gasteiger partial charge in [0.25, 0.3) is 0 Å². The van der Waals surface area contributed by atoms with Crippen LogP contribution >= 0.6 is 22.6 Å². The molecule has 2 heteroatoms. The number of nitrogens with one attached hydrogen (secondary N) is 1. The van der Waals surface area contributed by atoms with E-state index in [1.807, 2.05) is 7.05 Å². The van der Waals surface area contributed by atoms with Crippen molar-refractivity contribution in [2.75, 3.05) is 7.05 Å². The molecule has 0 bridgehead atoms. The van der Waals surface area contributed by atoms with Crippen LogP contribution in [-0.2, 0) is 0 Å². The lowest BCUT2D eigenvalue weighted by Crippen LogP contribution is -2.11. The van der Waals surface area contributed by atoms with E-state index in [4.69, 9.17) is 0 Å². The predicted molar refractivity (Wildman–Crippen MR) is 32.5 cm³/mol. The number of alkyl halides is 1. The molecule has 0 rings (SSSR count). The molecule has 0 spiro atoms. The largest absolute Gasteiger partial charge is 0.309 e. The van der Waals surface area contributed by atoms with E-state index >= 15 is 0 Å². The van der Waals surface area contributed by atoms with Crippen molar-refractivity contribution in [3.63, 3.8) is 0 Å². The van der Waals surface area contributed by atoms with Crippen LogP contribution in [0.15, 0.2) is 0 Å². The van der Waals surface area contributed by atoms with E-state index in [-0.39, 0.29) is 0 Å². The third kappa shape index (κ3) is 4.69. The Kier molecular flexibility index (Phi) is 3.30. The summed E-state index contributed by atoms with van der Waals surface area (Å²) in [4.78, 5) is 0. The SMILES string of the molecule is CNC(C)I. The molecule has 0 saturated carbocycles. The summed E-state index contributed by atoms with van der Waals surface area (Å²) in [5, 5.41) is 3.01. The summed E-state index contributed by atoms with van der Waals surface area (Å²) in [7, 11) is 1.94. The maximum Gasteiger partial charge on any atom is 0.0562 e. The standard InChI is InChI=1S/C3H8IN/c1-3(4)5-2/h3,5H,1-2H3. The van der Waals surface area contributed by atoms with Crippen LogP contribution in [0.5, 0.6) is 0 Å². The van der Waals surface area contributed by atoms with Crippen LogP contribution in [-0.4, -0.2) is 11.1 Å². The molecule has 1 unspecified atom stereocenters. The van der Waals surface area contributed by atoms with Gasteiger partial charge < -0.3 is 5.32 Å². The van der Waals surface area contributed by atoms with Crippen molar-refractivity contribution in [1.82, 2.24) is 5.32 Å². The number of hydrogen-bond donors (Lipinski definition) is 1. The summed E-state index contributed by atoms with van der Waals surface area (Å²) in [6.45, 7) is 2.10. The first-order chi connectivity index (χ1) is 2.27. The average Bonchev–Trinajstić information content (AvgIpc) is 1.38. The van der Waals surface area contributed by atoms with Gasteiger partial charge in [0, 0.05) is 0 Å². The van der Waals surface area contributed by atoms with E-state index in [2.05, 4.69) is 34.8 Å². The molecule has 0 aromatic carbocycles. The average molecular weight is 185 g/mol. The highest BCUT2D eigenvalue weighted by atomic mass is 127. The van der Waals surface area contributed by atoms with E-state index in [1.165, 1.54) is 0 Å². The molecule has 1 N–H and O–H groups in total. The molecule has 0 aromatic heterocycles. The van der Waals surface area contributed by atoms with E-state index < -0.39 is 0 Å². The third-order valence-corrected chi connectivity index (χ3v) is 1.02. The van der Waals surface area contributed by atoms with Gasteiger partial charge in [0.15, 0.2) is 0 Å². The van der Waals surface area contributed by atoms with Gasteiger partial charge in [-0.15, -0.1) is 0 Å². The smallest absolute Gasteiger partial charge is 0.0562 e. The number of halogens is 1. The second-order valence-electron chi connectivity index (χ2n) is 0.905. The van der Waals surface area contributed by atoms with Gasteiger partial charge >= 0.3 is 0 Å². The molecule has 0 aromatic rings. The Morgan fingerprint density at radius 3 is 2.00 bits per heavy atom. The van der Waals surface area contributed by atoms with Gasteiger partial charge in [-0.1, -0.05) is 22.6 Å². The first-order valence-electron chi connectivity index (χ1n) is 1.58. The summed E-state index contributed by atoms with van der Waals surface area (Å²) < 4.78 is 0.604. The highest BCUT2D eigenvalue weighted by Gasteiger charge is 1.79. The van der Waals surface area contributed by atoms with Crippen LogP contribution in [0.25, 0.3) is 0 Å². The Morgan fingerprint density at radius 2 is 2.00 bits per heavy atom. The Morgan fingerprint density at radius 1 is 1.80 bits per heavy atom. The third-order valence-electron chi connectivity index (χ3n) is 0.398. The minimum absolute atomic E-state index is 0.604. The van der Waals surface area contributed by atoms with Crippen molar-refractivity contribution in [2.24, 2.45) is 0 Å². The molecule has 0 aliphatic carbocycles. The summed E-state index contributed by atoms with van der Waals surface area (Å²) in [6, 6.07) is 0. The maximum atomic E-state index is 3.01. The lowest BCUT2D eigenvalue weighted by atomic mass is 10.8. The first-order valence-corrected chi connectivity index (χ1v) is 2.83. The van der Waals surface area contributed by atoms with Crippen molar-refractivity contribution >= 4 is 22.6 Å². The second-order valence-corrected chi connectivity index (χ2v) is 2.77. The molecule has 0 aliphatic heterocycles. The van der Waals surface area contributed by atoms with E-state index in [0.29, 0.717) is 4.05 Å². The molecule has 0 radical (unpaired) electrons. The molecular weight excluding hydrogens is 177 g/mol. The van der Waals surface area contributed by atoms with Crippen LogP contribution in [0.4, 0.5) is 0 Å². The molecule has 1 nitrogen and oxygen atoms in total. The maximum absolute atomic E-state index is 3.01. The Labute approximate surface area is 46.3 Å². The summed E-state index contributed by atoms with van der Waals surface area (Å²) in [5.41, 5.74) is 0. The monoisotopic (exact) mass is 185 g/mol. The predicted octanol–water partition coefficient (Wildman–Crippen LogP) is 0.987. The fourth-order valence-electron chi connectivity index (χ4n) is 0. The van der Waals surface area contributed by atoms with E-state index in [9.17, 15) is 0 Å². The van der Waals surface area contributed by atoms with Crippen LogP contribution in [0.2, 0.25) is 0 Å². The lowest BCUT2D eigenvalue weighted by Gasteiger charge is -1.93.